The Bertz CT molecular complexity index is 1130. The molecule has 2 aromatic carbocycles. The van der Waals surface area contributed by atoms with E-state index in [0.29, 0.717) is 11.8 Å². The molecule has 6 N–H and O–H groups in total. The number of anilines is 3. The summed E-state index contributed by atoms with van der Waals surface area (Å²) < 4.78 is 0. The molecule has 7 nitrogen and oxygen atoms in total. The molecular weight excluding hydrogens is 400 g/mol. The zero-order valence-corrected chi connectivity index (χ0v) is 18.6. The number of rotatable bonds is 6. The second-order valence-corrected chi connectivity index (χ2v) is 8.54. The van der Waals surface area contributed by atoms with E-state index in [2.05, 4.69) is 58.7 Å². The lowest BCUT2D eigenvalue weighted by molar-refractivity contribution is 0.100. The topological polar surface area (TPSA) is 119 Å². The number of carbonyl (C=O) groups is 1. The van der Waals surface area contributed by atoms with E-state index in [-0.39, 0.29) is 17.6 Å². The second kappa shape index (κ2) is 9.36. The summed E-state index contributed by atoms with van der Waals surface area (Å²) in [5.41, 5.74) is 17.5. The Morgan fingerprint density at radius 2 is 1.91 bits per heavy atom. The van der Waals surface area contributed by atoms with Crippen molar-refractivity contribution in [1.82, 2.24) is 9.97 Å². The predicted molar refractivity (Wildman–Crippen MR) is 129 cm³/mol. The van der Waals surface area contributed by atoms with E-state index in [1.807, 2.05) is 18.2 Å². The van der Waals surface area contributed by atoms with Crippen molar-refractivity contribution in [2.24, 2.45) is 11.5 Å². The van der Waals surface area contributed by atoms with E-state index in [4.69, 9.17) is 11.5 Å². The van der Waals surface area contributed by atoms with Gasteiger partial charge in [0.25, 0.3) is 5.91 Å². The van der Waals surface area contributed by atoms with E-state index in [1.165, 1.54) is 17.3 Å². The van der Waals surface area contributed by atoms with Gasteiger partial charge in [0.2, 0.25) is 5.95 Å². The van der Waals surface area contributed by atoms with Gasteiger partial charge in [0, 0.05) is 24.0 Å². The van der Waals surface area contributed by atoms with E-state index in [0.717, 1.165) is 42.5 Å². The molecule has 166 valence electrons. The third kappa shape index (κ3) is 4.89. The molecule has 1 amide bonds. The Balaban J connectivity index is 1.62. The molecule has 32 heavy (non-hydrogen) atoms. The Morgan fingerprint density at radius 3 is 2.66 bits per heavy atom. The number of nitrogens with one attached hydrogen (secondary N) is 2. The smallest absolute Gasteiger partial charge is 0.254 e. The number of aryl methyl sites for hydroxylation is 2. The van der Waals surface area contributed by atoms with Crippen LogP contribution >= 0.6 is 0 Å². The summed E-state index contributed by atoms with van der Waals surface area (Å²) in [5.74, 6) is 0.224. The monoisotopic (exact) mass is 430 g/mol. The van der Waals surface area contributed by atoms with Crippen LogP contribution in [0.15, 0.2) is 48.7 Å². The lowest BCUT2D eigenvalue weighted by Gasteiger charge is -2.29. The minimum atomic E-state index is -0.584. The van der Waals surface area contributed by atoms with Gasteiger partial charge >= 0.3 is 0 Å². The van der Waals surface area contributed by atoms with Gasteiger partial charge in [0.05, 0.1) is 0 Å². The minimum absolute atomic E-state index is 0.0639. The fraction of sp³-hybridized carbons (Fsp3) is 0.320. The van der Waals surface area contributed by atoms with Crippen LogP contribution in [0, 0.1) is 13.8 Å². The third-order valence-corrected chi connectivity index (χ3v) is 6.01. The molecule has 1 heterocycles. The van der Waals surface area contributed by atoms with Gasteiger partial charge in [-0.1, -0.05) is 48.7 Å². The normalized spacial score (nSPS) is 18.2. The highest BCUT2D eigenvalue weighted by molar-refractivity contribution is 5.98. The van der Waals surface area contributed by atoms with Crippen molar-refractivity contribution in [2.75, 3.05) is 10.6 Å². The van der Waals surface area contributed by atoms with Gasteiger partial charge in [-0.25, -0.2) is 4.98 Å². The summed E-state index contributed by atoms with van der Waals surface area (Å²) in [7, 11) is 0. The van der Waals surface area contributed by atoms with Crippen LogP contribution in [-0.2, 0) is 0 Å². The summed E-state index contributed by atoms with van der Waals surface area (Å²) in [5, 5.41) is 6.59. The molecule has 1 aliphatic rings. The zero-order chi connectivity index (χ0) is 22.7. The first-order valence-electron chi connectivity index (χ1n) is 11.0. The number of hydrogen-bond donors (Lipinski definition) is 4. The van der Waals surface area contributed by atoms with Gasteiger partial charge < -0.3 is 22.1 Å². The Hall–Kier alpha value is -3.45. The first-order chi connectivity index (χ1) is 15.4. The number of amides is 1. The highest BCUT2D eigenvalue weighted by Gasteiger charge is 2.23. The number of nitrogens with two attached hydrogens (primary N) is 2. The van der Waals surface area contributed by atoms with Crippen molar-refractivity contribution in [3.63, 3.8) is 0 Å². The molecule has 4 rings (SSSR count). The molecule has 0 radical (unpaired) electrons. The van der Waals surface area contributed by atoms with E-state index in [1.54, 1.807) is 0 Å². The lowest BCUT2D eigenvalue weighted by Crippen LogP contribution is -2.43. The van der Waals surface area contributed by atoms with Gasteiger partial charge in [-0.15, -0.1) is 0 Å². The maximum Gasteiger partial charge on any atom is 0.254 e. The summed E-state index contributed by atoms with van der Waals surface area (Å²) in [6.45, 7) is 4.19. The van der Waals surface area contributed by atoms with Gasteiger partial charge in [0.1, 0.15) is 11.4 Å². The molecule has 1 aliphatic carbocycles. The Morgan fingerprint density at radius 1 is 1.09 bits per heavy atom. The van der Waals surface area contributed by atoms with E-state index >= 15 is 0 Å². The first kappa shape index (κ1) is 21.8. The molecule has 3 aromatic rings. The van der Waals surface area contributed by atoms with Crippen LogP contribution < -0.4 is 22.1 Å². The van der Waals surface area contributed by atoms with Crippen LogP contribution in [0.3, 0.4) is 0 Å². The minimum Gasteiger partial charge on any atom is -0.365 e. The fourth-order valence-electron chi connectivity index (χ4n) is 4.27. The van der Waals surface area contributed by atoms with Crippen LogP contribution in [0.2, 0.25) is 0 Å². The van der Waals surface area contributed by atoms with E-state index < -0.39 is 5.91 Å². The first-order valence-corrected chi connectivity index (χ1v) is 11.0. The predicted octanol–water partition coefficient (Wildman–Crippen LogP) is 4.28. The summed E-state index contributed by atoms with van der Waals surface area (Å²) >= 11 is 0. The van der Waals surface area contributed by atoms with Crippen molar-refractivity contribution >= 4 is 23.4 Å². The van der Waals surface area contributed by atoms with Gasteiger partial charge in [-0.05, 0) is 55.5 Å². The number of aromatic nitrogens is 2. The zero-order valence-electron chi connectivity index (χ0n) is 18.6. The number of carbonyl (C=O) groups excluding carboxylic acids is 1. The molecule has 2 atom stereocenters. The molecule has 0 bridgehead atoms. The van der Waals surface area contributed by atoms with Gasteiger partial charge in [-0.3, -0.25) is 4.79 Å². The van der Waals surface area contributed by atoms with Gasteiger partial charge in [-0.2, -0.15) is 4.98 Å². The van der Waals surface area contributed by atoms with Crippen molar-refractivity contribution in [3.05, 3.63) is 65.4 Å². The highest BCUT2D eigenvalue weighted by atomic mass is 16.1. The number of hydrogen-bond acceptors (Lipinski definition) is 6. The van der Waals surface area contributed by atoms with Gasteiger partial charge in [0.15, 0.2) is 0 Å². The fourth-order valence-corrected chi connectivity index (χ4v) is 4.27. The molecular formula is C25H30N6O. The van der Waals surface area contributed by atoms with Crippen LogP contribution in [0.4, 0.5) is 17.5 Å². The molecule has 0 spiro atoms. The number of benzene rings is 2. The molecule has 0 unspecified atom stereocenters. The Labute approximate surface area is 188 Å². The van der Waals surface area contributed by atoms with Crippen molar-refractivity contribution in [2.45, 2.75) is 51.6 Å². The number of primary amides is 1. The number of nitrogens with zero attached hydrogens (tertiary/aromatic N) is 2. The van der Waals surface area contributed by atoms with Crippen molar-refractivity contribution in [3.8, 4) is 11.1 Å². The average Bonchev–Trinajstić information content (AvgIpc) is 2.75. The maximum absolute atomic E-state index is 12.0. The second-order valence-electron chi connectivity index (χ2n) is 8.54. The molecule has 1 saturated carbocycles. The molecule has 0 aliphatic heterocycles. The molecule has 7 heteroatoms. The summed E-state index contributed by atoms with van der Waals surface area (Å²) in [6, 6.07) is 14.6. The van der Waals surface area contributed by atoms with Crippen LogP contribution in [-0.4, -0.2) is 28.0 Å². The van der Waals surface area contributed by atoms with Crippen LogP contribution in [0.5, 0.6) is 0 Å². The Kier molecular flexibility index (Phi) is 6.37. The van der Waals surface area contributed by atoms with E-state index in [9.17, 15) is 4.79 Å². The largest absolute Gasteiger partial charge is 0.365 e. The average molecular weight is 431 g/mol. The standard InChI is InChI=1S/C25H30N6O/c1-15-10-11-19(16(2)12-15)17-6-5-7-18(13-17)29-24-20(23(27)32)14-28-25(31-24)30-22-9-4-3-8-21(22)26/h5-7,10-14,21-22H,3-4,8-9,26H2,1-2H3,(H2,27,32)(H2,28,29,30,31)/t21-,22+/m0/s1. The summed E-state index contributed by atoms with van der Waals surface area (Å²) in [4.78, 5) is 20.8. The van der Waals surface area contributed by atoms with Crippen LogP contribution in [0.25, 0.3) is 11.1 Å². The van der Waals surface area contributed by atoms with Crippen LogP contribution in [0.1, 0.15) is 47.2 Å². The van der Waals surface area contributed by atoms with Crippen molar-refractivity contribution < 1.29 is 4.79 Å². The SMILES string of the molecule is Cc1ccc(-c2cccc(Nc3nc(N[C@@H]4CCCC[C@@H]4N)ncc3C(N)=O)c2)c(C)c1. The highest BCUT2D eigenvalue weighted by Crippen LogP contribution is 2.29. The maximum atomic E-state index is 12.0. The quantitative estimate of drug-likeness (QED) is 0.463. The lowest BCUT2D eigenvalue weighted by atomic mass is 9.91. The molecule has 1 aromatic heterocycles. The molecule has 0 saturated heterocycles. The van der Waals surface area contributed by atoms with Crippen molar-refractivity contribution in [1.29, 1.82) is 0 Å². The summed E-state index contributed by atoms with van der Waals surface area (Å²) in [6.07, 6.45) is 5.68. The molecule has 1 fully saturated rings. The third-order valence-electron chi connectivity index (χ3n) is 6.01.